The third-order valence-electron chi connectivity index (χ3n) is 3.61. The number of benzene rings is 1. The lowest BCUT2D eigenvalue weighted by atomic mass is 10.2. The van der Waals surface area contributed by atoms with Crippen molar-refractivity contribution in [3.63, 3.8) is 0 Å². The zero-order valence-corrected chi connectivity index (χ0v) is 15.4. The average Bonchev–Trinajstić information content (AvgIpc) is 2.98. The summed E-state index contributed by atoms with van der Waals surface area (Å²) in [4.78, 5) is 11.0. The SMILES string of the molecule is C=CCn1nc(-c2nc3ccccc3nc2OC)c([Si](C)(C)C)n1. The van der Waals surface area contributed by atoms with E-state index in [1.54, 1.807) is 18.0 Å². The molecule has 0 N–H and O–H groups in total. The Morgan fingerprint density at radius 2 is 1.75 bits per heavy atom. The Morgan fingerprint density at radius 3 is 2.33 bits per heavy atom. The molecule has 124 valence electrons. The standard InChI is InChI=1S/C17H21N5OSi/c1-6-11-22-20-15(17(21-22)24(3,4)5)14-16(23-2)19-13-10-8-7-9-12(13)18-14/h6-10H,1,11H2,2-5H3. The molecule has 2 heterocycles. The van der Waals surface area contributed by atoms with E-state index in [-0.39, 0.29) is 0 Å². The highest BCUT2D eigenvalue weighted by atomic mass is 28.3. The minimum atomic E-state index is -1.72. The van der Waals surface area contributed by atoms with E-state index in [4.69, 9.17) is 9.72 Å². The first kappa shape index (κ1) is 16.3. The molecule has 0 aliphatic heterocycles. The molecule has 2 aromatic heterocycles. The number of fused-ring (bicyclic) bond motifs is 1. The Labute approximate surface area is 142 Å². The third kappa shape index (κ3) is 2.94. The summed E-state index contributed by atoms with van der Waals surface area (Å²) in [5.41, 5.74) is 3.01. The van der Waals surface area contributed by atoms with Crippen LogP contribution in [0, 0.1) is 0 Å². The minimum absolute atomic E-state index is 0.471. The molecule has 0 fully saturated rings. The van der Waals surface area contributed by atoms with Crippen LogP contribution in [0.3, 0.4) is 0 Å². The largest absolute Gasteiger partial charge is 0.479 e. The molecular formula is C17H21N5OSi. The topological polar surface area (TPSA) is 65.7 Å². The molecule has 3 rings (SSSR count). The van der Waals surface area contributed by atoms with Crippen molar-refractivity contribution in [1.82, 2.24) is 25.0 Å². The number of hydrogen-bond donors (Lipinski definition) is 0. The fourth-order valence-electron chi connectivity index (χ4n) is 2.49. The maximum absolute atomic E-state index is 5.49. The lowest BCUT2D eigenvalue weighted by molar-refractivity contribution is 0.399. The normalized spacial score (nSPS) is 11.7. The second-order valence-corrected chi connectivity index (χ2v) is 11.5. The Morgan fingerprint density at radius 1 is 1.08 bits per heavy atom. The van der Waals surface area contributed by atoms with Gasteiger partial charge < -0.3 is 4.74 Å². The van der Waals surface area contributed by atoms with Crippen molar-refractivity contribution in [2.75, 3.05) is 7.11 Å². The number of nitrogens with zero attached hydrogens (tertiary/aromatic N) is 5. The zero-order valence-electron chi connectivity index (χ0n) is 14.4. The molecule has 0 bridgehead atoms. The predicted molar refractivity (Wildman–Crippen MR) is 98.3 cm³/mol. The number of para-hydroxylation sites is 2. The Balaban J connectivity index is 2.27. The van der Waals surface area contributed by atoms with Gasteiger partial charge in [-0.25, -0.2) is 9.97 Å². The number of aromatic nitrogens is 5. The molecule has 1 aromatic carbocycles. The van der Waals surface area contributed by atoms with E-state index in [0.29, 0.717) is 18.1 Å². The maximum Gasteiger partial charge on any atom is 0.242 e. The van der Waals surface area contributed by atoms with E-state index in [9.17, 15) is 0 Å². The monoisotopic (exact) mass is 339 g/mol. The highest BCUT2D eigenvalue weighted by Gasteiger charge is 2.29. The molecule has 0 radical (unpaired) electrons. The van der Waals surface area contributed by atoms with Crippen LogP contribution >= 0.6 is 0 Å². The Kier molecular flexibility index (Phi) is 4.19. The Hall–Kier alpha value is -2.54. The molecule has 0 unspecified atom stereocenters. The molecule has 0 aliphatic rings. The van der Waals surface area contributed by atoms with E-state index in [2.05, 4.69) is 41.4 Å². The maximum atomic E-state index is 5.49. The van der Waals surface area contributed by atoms with Crippen LogP contribution in [-0.4, -0.2) is 40.1 Å². The van der Waals surface area contributed by atoms with Gasteiger partial charge in [0, 0.05) is 0 Å². The van der Waals surface area contributed by atoms with Gasteiger partial charge in [0.15, 0.2) is 5.69 Å². The van der Waals surface area contributed by atoms with Crippen LogP contribution < -0.4 is 10.1 Å². The third-order valence-corrected chi connectivity index (χ3v) is 5.37. The second-order valence-electron chi connectivity index (χ2n) is 6.56. The van der Waals surface area contributed by atoms with Gasteiger partial charge in [-0.05, 0) is 12.1 Å². The van der Waals surface area contributed by atoms with Gasteiger partial charge in [0.25, 0.3) is 0 Å². The molecule has 0 atom stereocenters. The zero-order chi connectivity index (χ0) is 17.3. The van der Waals surface area contributed by atoms with Crippen molar-refractivity contribution < 1.29 is 4.74 Å². The summed E-state index contributed by atoms with van der Waals surface area (Å²) < 4.78 is 5.49. The summed E-state index contributed by atoms with van der Waals surface area (Å²) in [5.74, 6) is 0.471. The van der Waals surface area contributed by atoms with Crippen molar-refractivity contribution in [3.05, 3.63) is 36.9 Å². The summed E-state index contributed by atoms with van der Waals surface area (Å²) in [7, 11) is -0.122. The molecule has 7 heteroatoms. The smallest absolute Gasteiger partial charge is 0.242 e. The van der Waals surface area contributed by atoms with Gasteiger partial charge in [-0.2, -0.15) is 15.0 Å². The van der Waals surface area contributed by atoms with Crippen LogP contribution in [-0.2, 0) is 6.54 Å². The van der Waals surface area contributed by atoms with Gasteiger partial charge in [0.2, 0.25) is 5.88 Å². The molecule has 0 saturated heterocycles. The quantitative estimate of drug-likeness (QED) is 0.528. The second kappa shape index (κ2) is 6.16. The number of methoxy groups -OCH3 is 1. The number of hydrogen-bond acceptors (Lipinski definition) is 5. The fraction of sp³-hybridized carbons (Fsp3) is 0.294. The lowest BCUT2D eigenvalue weighted by Gasteiger charge is -2.14. The average molecular weight is 339 g/mol. The van der Waals surface area contributed by atoms with Crippen LogP contribution in [0.15, 0.2) is 36.9 Å². The van der Waals surface area contributed by atoms with Crippen LogP contribution in [0.2, 0.25) is 19.6 Å². The molecule has 24 heavy (non-hydrogen) atoms. The number of ether oxygens (including phenoxy) is 1. The molecule has 6 nitrogen and oxygen atoms in total. The summed E-state index contributed by atoms with van der Waals surface area (Å²) in [6.07, 6.45) is 1.78. The molecule has 0 aliphatic carbocycles. The highest BCUT2D eigenvalue weighted by molar-refractivity contribution is 6.89. The van der Waals surface area contributed by atoms with Gasteiger partial charge in [-0.3, -0.25) is 0 Å². The summed E-state index contributed by atoms with van der Waals surface area (Å²) >= 11 is 0. The predicted octanol–water partition coefficient (Wildman–Crippen LogP) is 2.63. The van der Waals surface area contributed by atoms with Crippen LogP contribution in [0.25, 0.3) is 22.4 Å². The van der Waals surface area contributed by atoms with E-state index in [0.717, 1.165) is 22.0 Å². The van der Waals surface area contributed by atoms with E-state index >= 15 is 0 Å². The van der Waals surface area contributed by atoms with Crippen LogP contribution in [0.1, 0.15) is 0 Å². The van der Waals surface area contributed by atoms with Crippen molar-refractivity contribution >= 4 is 24.4 Å². The highest BCUT2D eigenvalue weighted by Crippen LogP contribution is 2.27. The van der Waals surface area contributed by atoms with Gasteiger partial charge >= 0.3 is 0 Å². The fourth-order valence-corrected chi connectivity index (χ4v) is 3.78. The number of rotatable bonds is 5. The van der Waals surface area contributed by atoms with Crippen molar-refractivity contribution in [2.24, 2.45) is 0 Å². The van der Waals surface area contributed by atoms with Gasteiger partial charge in [0.05, 0.1) is 30.0 Å². The first-order chi connectivity index (χ1) is 11.4. The minimum Gasteiger partial charge on any atom is -0.479 e. The van der Waals surface area contributed by atoms with Crippen LogP contribution in [0.5, 0.6) is 5.88 Å². The summed E-state index contributed by atoms with van der Waals surface area (Å²) in [6, 6.07) is 7.74. The first-order valence-electron chi connectivity index (χ1n) is 7.81. The summed E-state index contributed by atoms with van der Waals surface area (Å²) in [5, 5.41) is 10.3. The van der Waals surface area contributed by atoms with E-state index in [1.807, 2.05) is 24.3 Å². The molecular weight excluding hydrogens is 318 g/mol. The van der Waals surface area contributed by atoms with Crippen molar-refractivity contribution in [3.8, 4) is 17.3 Å². The molecule has 0 spiro atoms. The van der Waals surface area contributed by atoms with Gasteiger partial charge in [-0.1, -0.05) is 37.8 Å². The molecule has 0 amide bonds. The summed E-state index contributed by atoms with van der Waals surface area (Å²) in [6.45, 7) is 11.0. The molecule has 0 saturated carbocycles. The molecule has 3 aromatic rings. The Bertz CT molecular complexity index is 898. The van der Waals surface area contributed by atoms with E-state index in [1.165, 1.54) is 0 Å². The number of allylic oxidation sites excluding steroid dienone is 1. The van der Waals surface area contributed by atoms with Gasteiger partial charge in [-0.15, -0.1) is 6.58 Å². The first-order valence-corrected chi connectivity index (χ1v) is 11.3. The van der Waals surface area contributed by atoms with Gasteiger partial charge in [0.1, 0.15) is 13.8 Å². The van der Waals surface area contributed by atoms with Crippen LogP contribution in [0.4, 0.5) is 0 Å². The van der Waals surface area contributed by atoms with Crippen molar-refractivity contribution in [2.45, 2.75) is 26.2 Å². The van der Waals surface area contributed by atoms with E-state index < -0.39 is 8.07 Å². The lowest BCUT2D eigenvalue weighted by Crippen LogP contribution is -2.40. The van der Waals surface area contributed by atoms with Crippen molar-refractivity contribution in [1.29, 1.82) is 0 Å².